The molecule has 0 heterocycles. The Hall–Kier alpha value is -1.23. The molecule has 0 aliphatic heterocycles. The van der Waals surface area contributed by atoms with Crippen LogP contribution in [-0.4, -0.2) is 21.6 Å². The van der Waals surface area contributed by atoms with E-state index in [-0.39, 0.29) is 5.69 Å². The predicted molar refractivity (Wildman–Crippen MR) is 52.7 cm³/mol. The molecule has 0 fully saturated rings. The van der Waals surface area contributed by atoms with Gasteiger partial charge in [-0.15, -0.1) is 0 Å². The summed E-state index contributed by atoms with van der Waals surface area (Å²) >= 11 is 0. The largest absolute Gasteiger partial charge is 0.281 e. The van der Waals surface area contributed by atoms with Crippen molar-refractivity contribution in [1.82, 2.24) is 0 Å². The van der Waals surface area contributed by atoms with Gasteiger partial charge >= 0.3 is 0 Å². The minimum Gasteiger partial charge on any atom is -0.281 e. The Labute approximate surface area is 77.2 Å². The van der Waals surface area contributed by atoms with Crippen molar-refractivity contribution < 1.29 is 9.13 Å². The van der Waals surface area contributed by atoms with Crippen LogP contribution in [0.5, 0.6) is 0 Å². The molecule has 1 rings (SSSR count). The van der Waals surface area contributed by atoms with E-state index in [9.17, 15) is 14.3 Å². The fourth-order valence-electron chi connectivity index (χ4n) is 0.942. The van der Waals surface area contributed by atoms with Gasteiger partial charge in [0, 0.05) is 17.0 Å². The van der Waals surface area contributed by atoms with Gasteiger partial charge < -0.3 is 0 Å². The summed E-state index contributed by atoms with van der Waals surface area (Å²) in [5.41, 5.74) is -0.0126. The molecule has 0 aromatic heterocycles. The third kappa shape index (κ3) is 2.35. The minimum atomic E-state index is -2.39. The summed E-state index contributed by atoms with van der Waals surface area (Å²) in [7, 11) is -2.39. The zero-order valence-electron chi connectivity index (χ0n) is 7.43. The summed E-state index contributed by atoms with van der Waals surface area (Å²) in [6.07, 6.45) is 3.18. The fraction of sp³-hybridized carbons (Fsp3) is 0.250. The Kier molecular flexibility index (Phi) is 2.47. The molecule has 0 atom stereocenters. The standard InChI is InChI=1S/C8H11NO3S/c1-13(2,12)8-5-3-4-7(6-8)9(10)11/h3-6,13H,1-2H3. The molecule has 0 radical (unpaired) electrons. The number of hydrogen-bond donors (Lipinski definition) is 1. The number of thiol groups is 1. The summed E-state index contributed by atoms with van der Waals surface area (Å²) in [4.78, 5) is 10.5. The molecule has 0 unspecified atom stereocenters. The molecule has 4 nitrogen and oxygen atoms in total. The lowest BCUT2D eigenvalue weighted by molar-refractivity contribution is -0.385. The number of hydrogen-bond acceptors (Lipinski definition) is 3. The molecule has 0 saturated carbocycles. The molecule has 5 heteroatoms. The maximum Gasteiger partial charge on any atom is 0.270 e. The highest BCUT2D eigenvalue weighted by Gasteiger charge is 2.10. The molecule has 0 spiro atoms. The average molecular weight is 201 g/mol. The molecular weight excluding hydrogens is 190 g/mol. The van der Waals surface area contributed by atoms with E-state index < -0.39 is 14.9 Å². The molecule has 1 aromatic rings. The van der Waals surface area contributed by atoms with Crippen molar-refractivity contribution in [2.45, 2.75) is 4.90 Å². The van der Waals surface area contributed by atoms with E-state index in [1.165, 1.54) is 12.1 Å². The van der Waals surface area contributed by atoms with Gasteiger partial charge in [-0.25, -0.2) is 0 Å². The summed E-state index contributed by atoms with van der Waals surface area (Å²) in [5, 5.41) is 10.4. The lowest BCUT2D eigenvalue weighted by Crippen LogP contribution is -2.06. The SMILES string of the molecule is C[SH](C)(=O)c1cccc([N+](=O)[O-])c1. The van der Waals surface area contributed by atoms with Gasteiger partial charge in [-0.2, -0.15) is 0 Å². The van der Waals surface area contributed by atoms with E-state index in [1.807, 2.05) is 0 Å². The van der Waals surface area contributed by atoms with Crippen LogP contribution < -0.4 is 0 Å². The lowest BCUT2D eigenvalue weighted by Gasteiger charge is -2.10. The van der Waals surface area contributed by atoms with Crippen LogP contribution in [0.2, 0.25) is 0 Å². The lowest BCUT2D eigenvalue weighted by atomic mass is 10.3. The van der Waals surface area contributed by atoms with Crippen molar-refractivity contribution in [3.05, 3.63) is 34.4 Å². The first-order valence-electron chi connectivity index (χ1n) is 3.71. The van der Waals surface area contributed by atoms with Crippen LogP contribution in [0.1, 0.15) is 0 Å². The molecule has 13 heavy (non-hydrogen) atoms. The fourth-order valence-corrected chi connectivity index (χ4v) is 1.83. The van der Waals surface area contributed by atoms with E-state index >= 15 is 0 Å². The van der Waals surface area contributed by atoms with Gasteiger partial charge in [-0.05, 0) is 18.6 Å². The summed E-state index contributed by atoms with van der Waals surface area (Å²) in [5.74, 6) is 0. The van der Waals surface area contributed by atoms with E-state index in [2.05, 4.69) is 0 Å². The maximum atomic E-state index is 11.6. The molecule has 72 valence electrons. The van der Waals surface area contributed by atoms with Gasteiger partial charge in [0.2, 0.25) is 0 Å². The van der Waals surface area contributed by atoms with Gasteiger partial charge in [-0.1, -0.05) is 16.0 Å². The van der Waals surface area contributed by atoms with Gasteiger partial charge in [0.1, 0.15) is 0 Å². The number of nitrogens with zero attached hydrogens (tertiary/aromatic N) is 1. The number of nitro groups is 1. The van der Waals surface area contributed by atoms with Gasteiger partial charge in [-0.3, -0.25) is 14.3 Å². The Morgan fingerprint density at radius 3 is 2.46 bits per heavy atom. The molecule has 1 aromatic carbocycles. The third-order valence-electron chi connectivity index (χ3n) is 1.66. The second-order valence-corrected chi connectivity index (χ2v) is 6.35. The van der Waals surface area contributed by atoms with Gasteiger partial charge in [0.15, 0.2) is 0 Å². The molecular formula is C8H11NO3S. The van der Waals surface area contributed by atoms with Crippen LogP contribution >= 0.6 is 0 Å². The number of rotatable bonds is 2. The maximum absolute atomic E-state index is 11.6. The topological polar surface area (TPSA) is 60.2 Å². The third-order valence-corrected chi connectivity index (χ3v) is 3.18. The first-order valence-corrected chi connectivity index (χ1v) is 6.31. The van der Waals surface area contributed by atoms with E-state index in [0.717, 1.165) is 0 Å². The van der Waals surface area contributed by atoms with Crippen molar-refractivity contribution in [3.8, 4) is 0 Å². The zero-order valence-corrected chi connectivity index (χ0v) is 8.32. The van der Waals surface area contributed by atoms with Gasteiger partial charge in [0.25, 0.3) is 5.69 Å². The Balaban J connectivity index is 3.21. The smallest absolute Gasteiger partial charge is 0.270 e. The minimum absolute atomic E-state index is 0.0126. The van der Waals surface area contributed by atoms with E-state index in [0.29, 0.717) is 4.90 Å². The van der Waals surface area contributed by atoms with Crippen LogP contribution in [0.15, 0.2) is 29.2 Å². The van der Waals surface area contributed by atoms with Crippen molar-refractivity contribution in [1.29, 1.82) is 0 Å². The first kappa shape index (κ1) is 9.85. The van der Waals surface area contributed by atoms with Crippen LogP contribution in [0.25, 0.3) is 0 Å². The van der Waals surface area contributed by atoms with Crippen molar-refractivity contribution in [2.24, 2.45) is 0 Å². The number of benzene rings is 1. The average Bonchev–Trinajstić information content (AvgIpc) is 2.03. The Bertz CT molecular complexity index is 383. The highest BCUT2D eigenvalue weighted by atomic mass is 32.2. The van der Waals surface area contributed by atoms with Crippen LogP contribution in [-0.2, 0) is 9.93 Å². The van der Waals surface area contributed by atoms with E-state index in [4.69, 9.17) is 0 Å². The molecule has 0 amide bonds. The highest BCUT2D eigenvalue weighted by molar-refractivity contribution is 8.01. The van der Waals surface area contributed by atoms with Crippen LogP contribution in [0.3, 0.4) is 0 Å². The normalized spacial score (nSPS) is 12.5. The summed E-state index contributed by atoms with van der Waals surface area (Å²) in [6.45, 7) is 0. The molecule has 0 bridgehead atoms. The van der Waals surface area contributed by atoms with E-state index in [1.54, 1.807) is 24.6 Å². The van der Waals surface area contributed by atoms with Crippen LogP contribution in [0.4, 0.5) is 5.69 Å². The van der Waals surface area contributed by atoms with Gasteiger partial charge in [0.05, 0.1) is 4.92 Å². The first-order chi connectivity index (χ1) is 5.91. The Morgan fingerprint density at radius 1 is 1.38 bits per heavy atom. The molecule has 0 N–H and O–H groups in total. The monoisotopic (exact) mass is 201 g/mol. The summed E-state index contributed by atoms with van der Waals surface area (Å²) in [6, 6.07) is 5.95. The highest BCUT2D eigenvalue weighted by Crippen LogP contribution is 2.19. The van der Waals surface area contributed by atoms with Crippen LogP contribution in [0, 0.1) is 10.1 Å². The van der Waals surface area contributed by atoms with Crippen molar-refractivity contribution in [2.75, 3.05) is 12.5 Å². The quantitative estimate of drug-likeness (QED) is 0.444. The predicted octanol–water partition coefficient (Wildman–Crippen LogP) is 1.23. The number of non-ortho nitro benzene ring substituents is 1. The second kappa shape index (κ2) is 3.26. The molecule has 0 saturated heterocycles. The second-order valence-electron chi connectivity index (χ2n) is 3.13. The number of nitro benzene ring substituents is 1. The summed E-state index contributed by atoms with van der Waals surface area (Å²) < 4.78 is 11.6. The van der Waals surface area contributed by atoms with Crippen molar-refractivity contribution in [3.63, 3.8) is 0 Å². The Morgan fingerprint density at radius 2 is 2.00 bits per heavy atom. The van der Waals surface area contributed by atoms with Crippen molar-refractivity contribution >= 4 is 15.6 Å². The molecule has 0 aliphatic carbocycles. The zero-order chi connectivity index (χ0) is 10.1. The molecule has 0 aliphatic rings.